The van der Waals surface area contributed by atoms with Crippen LogP contribution in [0.15, 0.2) is 24.3 Å². The van der Waals surface area contributed by atoms with Gasteiger partial charge in [-0.3, -0.25) is 9.69 Å². The Hall–Kier alpha value is -1.46. The Morgan fingerprint density at radius 3 is 2.62 bits per heavy atom. The molecule has 0 bridgehead atoms. The van der Waals surface area contributed by atoms with Gasteiger partial charge in [0, 0.05) is 32.2 Å². The molecule has 0 radical (unpaired) electrons. The van der Waals surface area contributed by atoms with Crippen molar-refractivity contribution in [1.29, 1.82) is 0 Å². The van der Waals surface area contributed by atoms with Crippen LogP contribution in [0.4, 0.5) is 4.39 Å². The fourth-order valence-corrected chi connectivity index (χ4v) is 3.66. The Balaban J connectivity index is 1.54. The number of rotatable bonds is 5. The normalized spacial score (nSPS) is 22.5. The van der Waals surface area contributed by atoms with Gasteiger partial charge in [-0.05, 0) is 43.4 Å². The van der Waals surface area contributed by atoms with Gasteiger partial charge in [0.15, 0.2) is 0 Å². The van der Waals surface area contributed by atoms with Gasteiger partial charge in [0.1, 0.15) is 5.82 Å². The summed E-state index contributed by atoms with van der Waals surface area (Å²) in [5.74, 6) is -0.0826. The number of amides is 1. The lowest BCUT2D eigenvalue weighted by atomic mass is 9.98. The van der Waals surface area contributed by atoms with Gasteiger partial charge in [-0.1, -0.05) is 12.1 Å². The highest BCUT2D eigenvalue weighted by Gasteiger charge is 2.27. The Kier molecular flexibility index (Phi) is 6.21. The van der Waals surface area contributed by atoms with Crippen molar-refractivity contribution in [1.82, 2.24) is 9.80 Å². The van der Waals surface area contributed by atoms with Crippen LogP contribution in [-0.4, -0.2) is 61.1 Å². The maximum atomic E-state index is 13.0. The van der Waals surface area contributed by atoms with Gasteiger partial charge in [0.2, 0.25) is 5.91 Å². The summed E-state index contributed by atoms with van der Waals surface area (Å²) in [6.07, 6.45) is 4.79. The highest BCUT2D eigenvalue weighted by molar-refractivity contribution is 5.79. The number of carbonyl (C=O) groups excluding carboxylic acids is 1. The van der Waals surface area contributed by atoms with Gasteiger partial charge >= 0.3 is 0 Å². The molecule has 4 nitrogen and oxygen atoms in total. The van der Waals surface area contributed by atoms with Crippen LogP contribution in [0.1, 0.15) is 31.2 Å². The molecule has 1 amide bonds. The highest BCUT2D eigenvalue weighted by Crippen LogP contribution is 2.21. The van der Waals surface area contributed by atoms with Crippen LogP contribution in [-0.2, 0) is 16.0 Å². The first-order chi connectivity index (χ1) is 11.7. The van der Waals surface area contributed by atoms with E-state index in [0.29, 0.717) is 12.5 Å². The maximum absolute atomic E-state index is 13.0. The van der Waals surface area contributed by atoms with E-state index < -0.39 is 0 Å². The Morgan fingerprint density at radius 1 is 1.12 bits per heavy atom. The zero-order valence-electron chi connectivity index (χ0n) is 14.3. The van der Waals surface area contributed by atoms with E-state index in [4.69, 9.17) is 4.74 Å². The highest BCUT2D eigenvalue weighted by atomic mass is 19.1. The Bertz CT molecular complexity index is 529. The molecular formula is C19H27FN2O2. The van der Waals surface area contributed by atoms with Crippen LogP contribution in [0.2, 0.25) is 0 Å². The van der Waals surface area contributed by atoms with E-state index in [9.17, 15) is 9.18 Å². The van der Waals surface area contributed by atoms with E-state index in [1.165, 1.54) is 18.6 Å². The van der Waals surface area contributed by atoms with Crippen LogP contribution in [0.25, 0.3) is 0 Å². The van der Waals surface area contributed by atoms with Crippen LogP contribution in [0.5, 0.6) is 0 Å². The number of ether oxygens (including phenoxy) is 1. The lowest BCUT2D eigenvalue weighted by Crippen LogP contribution is -2.46. The molecule has 1 aromatic carbocycles. The van der Waals surface area contributed by atoms with E-state index >= 15 is 0 Å². The largest absolute Gasteiger partial charge is 0.379 e. The molecule has 0 N–H and O–H groups in total. The number of halogens is 1. The number of likely N-dealkylation sites (tertiary alicyclic amines) is 1. The maximum Gasteiger partial charge on any atom is 0.227 e. The first-order valence-electron chi connectivity index (χ1n) is 9.06. The number of hydrogen-bond donors (Lipinski definition) is 0. The molecule has 0 aromatic heterocycles. The van der Waals surface area contributed by atoms with E-state index in [0.717, 1.165) is 64.2 Å². The molecule has 1 atom stereocenters. The van der Waals surface area contributed by atoms with Crippen molar-refractivity contribution in [3.05, 3.63) is 35.6 Å². The molecule has 2 aliphatic rings. The molecule has 24 heavy (non-hydrogen) atoms. The average Bonchev–Trinajstić information content (AvgIpc) is 2.63. The molecule has 0 saturated carbocycles. The Morgan fingerprint density at radius 2 is 1.88 bits per heavy atom. The van der Waals surface area contributed by atoms with Gasteiger partial charge in [-0.2, -0.15) is 0 Å². The first-order valence-corrected chi connectivity index (χ1v) is 9.06. The van der Waals surface area contributed by atoms with Crippen LogP contribution < -0.4 is 0 Å². The molecule has 0 aliphatic carbocycles. The number of hydrogen-bond acceptors (Lipinski definition) is 3. The predicted molar refractivity (Wildman–Crippen MR) is 91.3 cm³/mol. The second-order valence-corrected chi connectivity index (χ2v) is 6.78. The fraction of sp³-hybridized carbons (Fsp3) is 0.632. The number of carbonyl (C=O) groups is 1. The first kappa shape index (κ1) is 17.4. The van der Waals surface area contributed by atoms with E-state index in [-0.39, 0.29) is 11.7 Å². The van der Waals surface area contributed by atoms with Crippen molar-refractivity contribution in [2.45, 2.75) is 38.1 Å². The van der Waals surface area contributed by atoms with Gasteiger partial charge < -0.3 is 9.64 Å². The summed E-state index contributed by atoms with van der Waals surface area (Å²) < 4.78 is 18.4. The second kappa shape index (κ2) is 8.58. The summed E-state index contributed by atoms with van der Waals surface area (Å²) in [6, 6.07) is 6.61. The smallest absolute Gasteiger partial charge is 0.227 e. The van der Waals surface area contributed by atoms with Gasteiger partial charge in [-0.15, -0.1) is 0 Å². The standard InChI is InChI=1S/C19H27FN2O2/c20-17-6-4-16(5-7-17)15-19(23)22-9-2-1-3-18(22)8-10-21-11-13-24-14-12-21/h4-7,18H,1-3,8-15H2. The third kappa shape index (κ3) is 4.77. The summed E-state index contributed by atoms with van der Waals surface area (Å²) >= 11 is 0. The monoisotopic (exact) mass is 334 g/mol. The summed E-state index contributed by atoms with van der Waals surface area (Å²) in [5.41, 5.74) is 0.888. The van der Waals surface area contributed by atoms with E-state index in [1.54, 1.807) is 12.1 Å². The lowest BCUT2D eigenvalue weighted by molar-refractivity contribution is -0.134. The number of piperidine rings is 1. The molecule has 5 heteroatoms. The summed E-state index contributed by atoms with van der Waals surface area (Å²) in [7, 11) is 0. The third-order valence-electron chi connectivity index (χ3n) is 5.10. The van der Waals surface area contributed by atoms with E-state index in [2.05, 4.69) is 9.80 Å². The number of nitrogens with zero attached hydrogens (tertiary/aromatic N) is 2. The molecule has 2 fully saturated rings. The number of benzene rings is 1. The van der Waals surface area contributed by atoms with Crippen molar-refractivity contribution < 1.29 is 13.9 Å². The minimum Gasteiger partial charge on any atom is -0.379 e. The third-order valence-corrected chi connectivity index (χ3v) is 5.10. The topological polar surface area (TPSA) is 32.8 Å². The average molecular weight is 334 g/mol. The molecule has 1 unspecified atom stereocenters. The molecule has 2 heterocycles. The van der Waals surface area contributed by atoms with Gasteiger partial charge in [0.25, 0.3) is 0 Å². The van der Waals surface area contributed by atoms with Crippen molar-refractivity contribution in [2.75, 3.05) is 39.4 Å². The zero-order valence-corrected chi connectivity index (χ0v) is 14.3. The molecule has 3 rings (SSSR count). The van der Waals surface area contributed by atoms with Crippen LogP contribution >= 0.6 is 0 Å². The summed E-state index contributed by atoms with van der Waals surface area (Å²) in [6.45, 7) is 5.52. The second-order valence-electron chi connectivity index (χ2n) is 6.78. The zero-order chi connectivity index (χ0) is 16.8. The molecule has 0 spiro atoms. The molecule has 1 aromatic rings. The van der Waals surface area contributed by atoms with Crippen LogP contribution in [0, 0.1) is 5.82 Å². The van der Waals surface area contributed by atoms with Gasteiger partial charge in [0.05, 0.1) is 19.6 Å². The molecule has 2 saturated heterocycles. The van der Waals surface area contributed by atoms with Crippen molar-refractivity contribution in [2.24, 2.45) is 0 Å². The SMILES string of the molecule is O=C(Cc1ccc(F)cc1)N1CCCCC1CCN1CCOCC1. The fourth-order valence-electron chi connectivity index (χ4n) is 3.66. The van der Waals surface area contributed by atoms with Crippen LogP contribution in [0.3, 0.4) is 0 Å². The molecule has 132 valence electrons. The molecular weight excluding hydrogens is 307 g/mol. The predicted octanol–water partition coefficient (Wildman–Crippen LogP) is 2.47. The Labute approximate surface area is 143 Å². The lowest BCUT2D eigenvalue weighted by Gasteiger charge is -2.37. The minimum atomic E-state index is -0.257. The number of morpholine rings is 1. The quantitative estimate of drug-likeness (QED) is 0.829. The van der Waals surface area contributed by atoms with Crippen molar-refractivity contribution in [3.8, 4) is 0 Å². The van der Waals surface area contributed by atoms with Crippen molar-refractivity contribution >= 4 is 5.91 Å². The van der Waals surface area contributed by atoms with E-state index in [1.807, 2.05) is 0 Å². The van der Waals surface area contributed by atoms with Gasteiger partial charge in [-0.25, -0.2) is 4.39 Å². The summed E-state index contributed by atoms with van der Waals surface area (Å²) in [4.78, 5) is 17.2. The minimum absolute atomic E-state index is 0.174. The van der Waals surface area contributed by atoms with Crippen molar-refractivity contribution in [3.63, 3.8) is 0 Å². The molecule has 2 aliphatic heterocycles. The summed E-state index contributed by atoms with van der Waals surface area (Å²) in [5, 5.41) is 0.